The number of nitrogens with one attached hydrogen (secondary N) is 2. The van der Waals surface area contributed by atoms with Crippen molar-refractivity contribution in [1.82, 2.24) is 9.97 Å². The van der Waals surface area contributed by atoms with Crippen molar-refractivity contribution in [2.45, 2.75) is 34.4 Å². The summed E-state index contributed by atoms with van der Waals surface area (Å²) in [6, 6.07) is 16.6. The normalized spacial score (nSPS) is 11.6. The molecule has 7 nitrogen and oxygen atoms in total. The van der Waals surface area contributed by atoms with Crippen molar-refractivity contribution in [1.29, 1.82) is 0 Å². The fraction of sp³-hybridized carbons (Fsp3) is 0.261. The number of rotatable bonds is 10. The second-order valence-electron chi connectivity index (χ2n) is 6.71. The molecule has 1 amide bonds. The molecule has 0 aliphatic heterocycles. The predicted octanol–water partition coefficient (Wildman–Crippen LogP) is 4.59. The van der Waals surface area contributed by atoms with Crippen molar-refractivity contribution < 1.29 is 14.3 Å². The van der Waals surface area contributed by atoms with Gasteiger partial charge in [0.1, 0.15) is 11.5 Å². The molecule has 1 aromatic heterocycles. The highest BCUT2D eigenvalue weighted by Crippen LogP contribution is 2.31. The third kappa shape index (κ3) is 6.54. The number of thioether (sulfide) groups is 2. The molecule has 0 aliphatic rings. The largest absolute Gasteiger partial charge is 0.497 e. The minimum absolute atomic E-state index is 0.212. The van der Waals surface area contributed by atoms with Crippen LogP contribution in [0.4, 0.5) is 5.69 Å². The van der Waals surface area contributed by atoms with E-state index in [0.29, 0.717) is 40.2 Å². The van der Waals surface area contributed by atoms with E-state index in [1.165, 1.54) is 24.9 Å². The fourth-order valence-corrected chi connectivity index (χ4v) is 4.61. The van der Waals surface area contributed by atoms with Crippen LogP contribution in [0.25, 0.3) is 0 Å². The molecule has 168 valence electrons. The molecular formula is C23H25N3O4S2. The number of carbonyl (C=O) groups excluding carboxylic acids is 1. The second kappa shape index (κ2) is 11.6. The molecule has 3 rings (SSSR count). The topological polar surface area (TPSA) is 93.3 Å². The number of methoxy groups -OCH3 is 2. The van der Waals surface area contributed by atoms with Crippen LogP contribution in [0.15, 0.2) is 69.4 Å². The van der Waals surface area contributed by atoms with Gasteiger partial charge in [0, 0.05) is 22.8 Å². The highest BCUT2D eigenvalue weighted by Gasteiger charge is 2.21. The zero-order valence-electron chi connectivity index (χ0n) is 18.1. The van der Waals surface area contributed by atoms with E-state index in [1.807, 2.05) is 37.3 Å². The van der Waals surface area contributed by atoms with Gasteiger partial charge in [0.05, 0.1) is 30.9 Å². The summed E-state index contributed by atoms with van der Waals surface area (Å²) in [5.41, 5.74) is 0.941. The molecule has 0 radical (unpaired) electrons. The van der Waals surface area contributed by atoms with E-state index in [4.69, 9.17) is 9.47 Å². The van der Waals surface area contributed by atoms with E-state index in [2.05, 4.69) is 15.3 Å². The highest BCUT2D eigenvalue weighted by molar-refractivity contribution is 8.00. The van der Waals surface area contributed by atoms with Crippen LogP contribution in [0.3, 0.4) is 0 Å². The standard InChI is InChI=1S/C23H25N3O4S2/c1-4-20(22(28)25-18-13-16(29-2)10-11-19(18)30-3)32-23-24-15(12-21(27)26-23)14-31-17-8-6-5-7-9-17/h5-13,20H,4,14H2,1-3H3,(H,25,28)(H,24,26,27). The van der Waals surface area contributed by atoms with E-state index < -0.39 is 5.25 Å². The first-order valence-electron chi connectivity index (χ1n) is 10.00. The zero-order valence-corrected chi connectivity index (χ0v) is 19.7. The number of ether oxygens (including phenoxy) is 2. The van der Waals surface area contributed by atoms with Gasteiger partial charge in [0.25, 0.3) is 5.56 Å². The summed E-state index contributed by atoms with van der Waals surface area (Å²) in [6.07, 6.45) is 0.551. The Morgan fingerprint density at radius 1 is 1.12 bits per heavy atom. The summed E-state index contributed by atoms with van der Waals surface area (Å²) in [5, 5.41) is 2.86. The van der Waals surface area contributed by atoms with Crippen LogP contribution < -0.4 is 20.3 Å². The molecule has 0 fully saturated rings. The first-order chi connectivity index (χ1) is 15.5. The molecule has 0 bridgehead atoms. The maximum atomic E-state index is 12.9. The molecule has 2 aromatic carbocycles. The lowest BCUT2D eigenvalue weighted by Crippen LogP contribution is -2.25. The summed E-state index contributed by atoms with van der Waals surface area (Å²) in [4.78, 5) is 33.5. The van der Waals surface area contributed by atoms with Gasteiger partial charge in [-0.15, -0.1) is 11.8 Å². The second-order valence-corrected chi connectivity index (χ2v) is 8.95. The average Bonchev–Trinajstić information content (AvgIpc) is 2.81. The molecule has 0 saturated carbocycles. The van der Waals surface area contributed by atoms with Crippen LogP contribution in [0.1, 0.15) is 19.0 Å². The smallest absolute Gasteiger partial charge is 0.251 e. The average molecular weight is 472 g/mol. The van der Waals surface area contributed by atoms with Crippen LogP contribution in [-0.2, 0) is 10.5 Å². The number of hydrogen-bond donors (Lipinski definition) is 2. The Morgan fingerprint density at radius 2 is 1.91 bits per heavy atom. The SMILES string of the molecule is CCC(Sc1nc(CSc2ccccc2)cc(=O)[nH]1)C(=O)Nc1cc(OC)ccc1OC. The molecular weight excluding hydrogens is 446 g/mol. The Balaban J connectivity index is 1.71. The minimum atomic E-state index is -0.453. The van der Waals surface area contributed by atoms with Crippen LogP contribution >= 0.6 is 23.5 Å². The number of aromatic nitrogens is 2. The first-order valence-corrected chi connectivity index (χ1v) is 11.9. The lowest BCUT2D eigenvalue weighted by molar-refractivity contribution is -0.115. The Hall–Kier alpha value is -2.91. The van der Waals surface area contributed by atoms with Gasteiger partial charge in [-0.3, -0.25) is 9.59 Å². The first kappa shape index (κ1) is 23.7. The quantitative estimate of drug-likeness (QED) is 0.330. The Bertz CT molecular complexity index is 1110. The Labute approximate surface area is 195 Å². The molecule has 9 heteroatoms. The van der Waals surface area contributed by atoms with Crippen LogP contribution in [0.2, 0.25) is 0 Å². The summed E-state index contributed by atoms with van der Waals surface area (Å²) in [7, 11) is 3.10. The van der Waals surface area contributed by atoms with Crippen molar-refractivity contribution in [3.8, 4) is 11.5 Å². The monoisotopic (exact) mass is 471 g/mol. The lowest BCUT2D eigenvalue weighted by Gasteiger charge is -2.16. The van der Waals surface area contributed by atoms with Crippen molar-refractivity contribution in [3.63, 3.8) is 0 Å². The lowest BCUT2D eigenvalue weighted by atomic mass is 10.2. The molecule has 1 heterocycles. The number of benzene rings is 2. The molecule has 0 aliphatic carbocycles. The maximum Gasteiger partial charge on any atom is 0.251 e. The van der Waals surface area contributed by atoms with Crippen molar-refractivity contribution in [2.75, 3.05) is 19.5 Å². The third-order valence-electron chi connectivity index (χ3n) is 4.48. The van der Waals surface area contributed by atoms with Crippen molar-refractivity contribution >= 4 is 35.1 Å². The molecule has 1 atom stereocenters. The Kier molecular flexibility index (Phi) is 8.64. The van der Waals surface area contributed by atoms with Crippen LogP contribution in [-0.4, -0.2) is 35.3 Å². The highest BCUT2D eigenvalue weighted by atomic mass is 32.2. The maximum absolute atomic E-state index is 12.9. The molecule has 0 saturated heterocycles. The summed E-state index contributed by atoms with van der Waals surface area (Å²) < 4.78 is 10.6. The third-order valence-corrected chi connectivity index (χ3v) is 6.78. The van der Waals surface area contributed by atoms with Crippen molar-refractivity contribution in [3.05, 3.63) is 70.6 Å². The van der Waals surface area contributed by atoms with Crippen molar-refractivity contribution in [2.24, 2.45) is 0 Å². The van der Waals surface area contributed by atoms with Gasteiger partial charge in [-0.1, -0.05) is 36.9 Å². The Morgan fingerprint density at radius 3 is 2.59 bits per heavy atom. The van der Waals surface area contributed by atoms with E-state index in [-0.39, 0.29) is 11.5 Å². The zero-order chi connectivity index (χ0) is 22.9. The number of anilines is 1. The van der Waals surface area contributed by atoms with E-state index in [0.717, 1.165) is 4.90 Å². The van der Waals surface area contributed by atoms with Gasteiger partial charge < -0.3 is 19.8 Å². The number of amides is 1. The van der Waals surface area contributed by atoms with E-state index >= 15 is 0 Å². The summed E-state index contributed by atoms with van der Waals surface area (Å²) >= 11 is 2.83. The predicted molar refractivity (Wildman–Crippen MR) is 129 cm³/mol. The molecule has 3 aromatic rings. The van der Waals surface area contributed by atoms with Gasteiger partial charge in [-0.05, 0) is 30.7 Å². The van der Waals surface area contributed by atoms with Gasteiger partial charge in [-0.2, -0.15) is 0 Å². The summed E-state index contributed by atoms with van der Waals surface area (Å²) in [5.74, 6) is 1.49. The van der Waals surface area contributed by atoms with E-state index in [9.17, 15) is 9.59 Å². The van der Waals surface area contributed by atoms with Gasteiger partial charge in [0.2, 0.25) is 5.91 Å². The number of nitrogens with zero attached hydrogens (tertiary/aromatic N) is 1. The number of aromatic amines is 1. The van der Waals surface area contributed by atoms with Gasteiger partial charge >= 0.3 is 0 Å². The molecule has 2 N–H and O–H groups in total. The molecule has 32 heavy (non-hydrogen) atoms. The molecule has 0 spiro atoms. The molecule has 1 unspecified atom stereocenters. The number of hydrogen-bond acceptors (Lipinski definition) is 7. The van der Waals surface area contributed by atoms with Crippen LogP contribution in [0.5, 0.6) is 11.5 Å². The van der Waals surface area contributed by atoms with Crippen LogP contribution in [0, 0.1) is 0 Å². The minimum Gasteiger partial charge on any atom is -0.497 e. The van der Waals surface area contributed by atoms with E-state index in [1.54, 1.807) is 37.1 Å². The number of carbonyl (C=O) groups is 1. The van der Waals surface area contributed by atoms with Gasteiger partial charge in [-0.25, -0.2) is 4.98 Å². The fourth-order valence-electron chi connectivity index (χ4n) is 2.87. The van der Waals surface area contributed by atoms with Gasteiger partial charge in [0.15, 0.2) is 5.16 Å². The summed E-state index contributed by atoms with van der Waals surface area (Å²) in [6.45, 7) is 1.91. The number of H-pyrrole nitrogens is 1.